The molecule has 1 aromatic carbocycles. The summed E-state index contributed by atoms with van der Waals surface area (Å²) in [6, 6.07) is 3.57. The summed E-state index contributed by atoms with van der Waals surface area (Å²) >= 11 is 0. The molecule has 1 heterocycles. The molecular weight excluding hydrogens is 234 g/mol. The third-order valence-electron chi connectivity index (χ3n) is 3.32. The van der Waals surface area contributed by atoms with Crippen LogP contribution in [0.4, 0.5) is 10.5 Å². The lowest BCUT2D eigenvalue weighted by Gasteiger charge is -2.33. The molecule has 1 aliphatic rings. The molecule has 0 saturated carbocycles. The van der Waals surface area contributed by atoms with E-state index in [1.165, 1.54) is 4.90 Å². The van der Waals surface area contributed by atoms with Gasteiger partial charge in [-0.15, -0.1) is 0 Å². The molecule has 1 atom stereocenters. The summed E-state index contributed by atoms with van der Waals surface area (Å²) in [7, 11) is 3.12. The van der Waals surface area contributed by atoms with Crippen LogP contribution in [0.2, 0.25) is 0 Å². The van der Waals surface area contributed by atoms with Crippen LogP contribution in [0.3, 0.4) is 0 Å². The van der Waals surface area contributed by atoms with E-state index in [0.29, 0.717) is 17.2 Å². The standard InChI is InChI=1S/C13H17NO4/c1-8-4-5-9-6-11(17-2)12(18-3)7-10(9)14(8)13(15)16/h6-8H,4-5H2,1-3H3,(H,15,16). The second kappa shape index (κ2) is 4.76. The summed E-state index contributed by atoms with van der Waals surface area (Å²) in [6.45, 7) is 1.91. The molecular formula is C13H17NO4. The van der Waals surface area contributed by atoms with Crippen LogP contribution in [-0.2, 0) is 6.42 Å². The van der Waals surface area contributed by atoms with Gasteiger partial charge in [0.2, 0.25) is 0 Å². The lowest BCUT2D eigenvalue weighted by Crippen LogP contribution is -2.41. The third-order valence-corrected chi connectivity index (χ3v) is 3.32. The Kier molecular flexibility index (Phi) is 3.32. The Bertz CT molecular complexity index is 472. The molecule has 98 valence electrons. The van der Waals surface area contributed by atoms with E-state index in [-0.39, 0.29) is 6.04 Å². The van der Waals surface area contributed by atoms with Crippen molar-refractivity contribution in [1.29, 1.82) is 0 Å². The van der Waals surface area contributed by atoms with Crippen LogP contribution in [0, 0.1) is 0 Å². The Hall–Kier alpha value is -1.91. The number of nitrogens with zero attached hydrogens (tertiary/aromatic N) is 1. The van der Waals surface area contributed by atoms with E-state index in [1.54, 1.807) is 20.3 Å². The molecule has 0 radical (unpaired) electrons. The number of fused-ring (bicyclic) bond motifs is 1. The number of carbonyl (C=O) groups is 1. The Labute approximate surface area is 106 Å². The molecule has 0 saturated heterocycles. The molecule has 0 aliphatic carbocycles. The zero-order valence-corrected chi connectivity index (χ0v) is 10.8. The van der Waals surface area contributed by atoms with E-state index in [1.807, 2.05) is 13.0 Å². The summed E-state index contributed by atoms with van der Waals surface area (Å²) in [6.07, 6.45) is 0.728. The molecule has 18 heavy (non-hydrogen) atoms. The minimum Gasteiger partial charge on any atom is -0.493 e. The number of anilines is 1. The van der Waals surface area contributed by atoms with E-state index in [2.05, 4.69) is 0 Å². The van der Waals surface area contributed by atoms with Gasteiger partial charge in [-0.25, -0.2) is 4.79 Å². The SMILES string of the molecule is COc1cc2c(cc1OC)N(C(=O)O)C(C)CC2. The van der Waals surface area contributed by atoms with Crippen molar-refractivity contribution in [3.63, 3.8) is 0 Å². The summed E-state index contributed by atoms with van der Waals surface area (Å²) in [5.74, 6) is 1.19. The van der Waals surface area contributed by atoms with Crippen molar-refractivity contribution < 1.29 is 19.4 Å². The number of carboxylic acid groups (broad SMARTS) is 1. The predicted octanol–water partition coefficient (Wildman–Crippen LogP) is 2.52. The van der Waals surface area contributed by atoms with Crippen molar-refractivity contribution in [3.05, 3.63) is 17.7 Å². The zero-order valence-electron chi connectivity index (χ0n) is 10.8. The van der Waals surface area contributed by atoms with Gasteiger partial charge in [0.25, 0.3) is 0 Å². The fourth-order valence-electron chi connectivity index (χ4n) is 2.36. The summed E-state index contributed by atoms with van der Waals surface area (Å²) < 4.78 is 10.5. The molecule has 2 rings (SSSR count). The highest BCUT2D eigenvalue weighted by Gasteiger charge is 2.29. The average molecular weight is 251 g/mol. The minimum atomic E-state index is -0.935. The topological polar surface area (TPSA) is 59.0 Å². The molecule has 1 amide bonds. The number of benzene rings is 1. The lowest BCUT2D eigenvalue weighted by molar-refractivity contribution is 0.198. The molecule has 5 heteroatoms. The largest absolute Gasteiger partial charge is 0.493 e. The fourth-order valence-corrected chi connectivity index (χ4v) is 2.36. The first-order valence-electron chi connectivity index (χ1n) is 5.85. The second-order valence-corrected chi connectivity index (χ2v) is 4.38. The van der Waals surface area contributed by atoms with Crippen LogP contribution in [0.15, 0.2) is 12.1 Å². The van der Waals surface area contributed by atoms with Crippen LogP contribution in [-0.4, -0.2) is 31.5 Å². The quantitative estimate of drug-likeness (QED) is 0.877. The maximum absolute atomic E-state index is 11.3. The molecule has 0 bridgehead atoms. The van der Waals surface area contributed by atoms with Crippen molar-refractivity contribution >= 4 is 11.8 Å². The van der Waals surface area contributed by atoms with E-state index < -0.39 is 6.09 Å². The molecule has 0 aromatic heterocycles. The molecule has 1 N–H and O–H groups in total. The van der Waals surface area contributed by atoms with Crippen molar-refractivity contribution in [2.24, 2.45) is 0 Å². The minimum absolute atomic E-state index is 0.0203. The summed E-state index contributed by atoms with van der Waals surface area (Å²) in [5.41, 5.74) is 1.67. The molecule has 0 spiro atoms. The van der Waals surface area contributed by atoms with Crippen molar-refractivity contribution in [2.75, 3.05) is 19.1 Å². The first kappa shape index (κ1) is 12.5. The Morgan fingerprint density at radius 1 is 1.33 bits per heavy atom. The molecule has 0 fully saturated rings. The number of hydrogen-bond donors (Lipinski definition) is 1. The van der Waals surface area contributed by atoms with Gasteiger partial charge in [-0.3, -0.25) is 4.90 Å². The van der Waals surface area contributed by atoms with Gasteiger partial charge < -0.3 is 14.6 Å². The lowest BCUT2D eigenvalue weighted by atomic mass is 9.96. The number of aryl methyl sites for hydroxylation is 1. The highest BCUT2D eigenvalue weighted by atomic mass is 16.5. The zero-order chi connectivity index (χ0) is 13.3. The van der Waals surface area contributed by atoms with Gasteiger partial charge in [0, 0.05) is 12.1 Å². The number of ether oxygens (including phenoxy) is 2. The van der Waals surface area contributed by atoms with Gasteiger partial charge in [-0.05, 0) is 31.4 Å². The van der Waals surface area contributed by atoms with E-state index >= 15 is 0 Å². The third kappa shape index (κ3) is 1.96. The van der Waals surface area contributed by atoms with Crippen LogP contribution in [0.5, 0.6) is 11.5 Å². The normalized spacial score (nSPS) is 18.2. The van der Waals surface area contributed by atoms with Gasteiger partial charge in [0.05, 0.1) is 19.9 Å². The predicted molar refractivity (Wildman–Crippen MR) is 67.8 cm³/mol. The van der Waals surface area contributed by atoms with Gasteiger partial charge >= 0.3 is 6.09 Å². The fraction of sp³-hybridized carbons (Fsp3) is 0.462. The van der Waals surface area contributed by atoms with E-state index in [9.17, 15) is 9.90 Å². The smallest absolute Gasteiger partial charge is 0.412 e. The van der Waals surface area contributed by atoms with E-state index in [0.717, 1.165) is 18.4 Å². The highest BCUT2D eigenvalue weighted by molar-refractivity contribution is 5.89. The van der Waals surface area contributed by atoms with Crippen LogP contribution >= 0.6 is 0 Å². The Morgan fingerprint density at radius 2 is 1.94 bits per heavy atom. The number of amides is 1. The molecule has 5 nitrogen and oxygen atoms in total. The van der Waals surface area contributed by atoms with Crippen LogP contribution in [0.25, 0.3) is 0 Å². The van der Waals surface area contributed by atoms with Crippen molar-refractivity contribution in [3.8, 4) is 11.5 Å². The number of methoxy groups -OCH3 is 2. The summed E-state index contributed by atoms with van der Waals surface area (Å²) in [5, 5.41) is 9.30. The van der Waals surface area contributed by atoms with Gasteiger partial charge in [-0.2, -0.15) is 0 Å². The maximum atomic E-state index is 11.3. The number of hydrogen-bond acceptors (Lipinski definition) is 3. The second-order valence-electron chi connectivity index (χ2n) is 4.38. The summed E-state index contributed by atoms with van der Waals surface area (Å²) in [4.78, 5) is 12.7. The van der Waals surface area contributed by atoms with Crippen molar-refractivity contribution in [1.82, 2.24) is 0 Å². The first-order valence-corrected chi connectivity index (χ1v) is 5.85. The highest BCUT2D eigenvalue weighted by Crippen LogP contribution is 2.39. The van der Waals surface area contributed by atoms with Gasteiger partial charge in [0.1, 0.15) is 0 Å². The Morgan fingerprint density at radius 3 is 2.50 bits per heavy atom. The van der Waals surface area contributed by atoms with Crippen LogP contribution < -0.4 is 14.4 Å². The van der Waals surface area contributed by atoms with Crippen LogP contribution in [0.1, 0.15) is 18.9 Å². The maximum Gasteiger partial charge on any atom is 0.412 e. The average Bonchev–Trinajstić information content (AvgIpc) is 2.36. The number of rotatable bonds is 2. The molecule has 1 unspecified atom stereocenters. The van der Waals surface area contributed by atoms with E-state index in [4.69, 9.17) is 9.47 Å². The molecule has 1 aliphatic heterocycles. The monoisotopic (exact) mass is 251 g/mol. The Balaban J connectivity index is 2.54. The van der Waals surface area contributed by atoms with Gasteiger partial charge in [0.15, 0.2) is 11.5 Å². The van der Waals surface area contributed by atoms with Gasteiger partial charge in [-0.1, -0.05) is 0 Å². The molecule has 1 aromatic rings. The van der Waals surface area contributed by atoms with Crippen molar-refractivity contribution in [2.45, 2.75) is 25.8 Å². The first-order chi connectivity index (χ1) is 8.58.